The minimum Gasteiger partial charge on any atom is -0.367 e. The van der Waals surface area contributed by atoms with E-state index in [2.05, 4.69) is 39.3 Å². The predicted octanol–water partition coefficient (Wildman–Crippen LogP) is 2.77. The van der Waals surface area contributed by atoms with Gasteiger partial charge in [0.1, 0.15) is 6.10 Å². The minimum atomic E-state index is -0.0984. The SMILES string of the molecule is CC(C)c1nc([C@@H]2CN(Cc3ccccc3)CCO2)no1. The summed E-state index contributed by atoms with van der Waals surface area (Å²) >= 11 is 0. The molecule has 1 fully saturated rings. The molecule has 5 nitrogen and oxygen atoms in total. The summed E-state index contributed by atoms with van der Waals surface area (Å²) < 4.78 is 11.1. The third-order valence-electron chi connectivity index (χ3n) is 3.64. The van der Waals surface area contributed by atoms with Crippen molar-refractivity contribution in [2.24, 2.45) is 0 Å². The maximum Gasteiger partial charge on any atom is 0.229 e. The van der Waals surface area contributed by atoms with Crippen LogP contribution >= 0.6 is 0 Å². The Kier molecular flexibility index (Phi) is 4.31. The number of rotatable bonds is 4. The van der Waals surface area contributed by atoms with Crippen molar-refractivity contribution in [2.45, 2.75) is 32.4 Å². The van der Waals surface area contributed by atoms with Crippen LogP contribution < -0.4 is 0 Å². The summed E-state index contributed by atoms with van der Waals surface area (Å²) in [4.78, 5) is 6.82. The van der Waals surface area contributed by atoms with Gasteiger partial charge in [0.2, 0.25) is 11.7 Å². The molecule has 5 heteroatoms. The van der Waals surface area contributed by atoms with E-state index in [-0.39, 0.29) is 12.0 Å². The number of aromatic nitrogens is 2. The fraction of sp³-hybridized carbons (Fsp3) is 0.500. The zero-order valence-corrected chi connectivity index (χ0v) is 12.5. The van der Waals surface area contributed by atoms with Crippen LogP contribution in [0.3, 0.4) is 0 Å². The molecule has 2 aromatic rings. The molecular weight excluding hydrogens is 266 g/mol. The first-order valence-corrected chi connectivity index (χ1v) is 7.44. The molecule has 0 saturated carbocycles. The molecule has 2 heterocycles. The maximum atomic E-state index is 5.80. The molecule has 0 aliphatic carbocycles. The molecule has 1 aliphatic rings. The minimum absolute atomic E-state index is 0.0984. The smallest absolute Gasteiger partial charge is 0.229 e. The summed E-state index contributed by atoms with van der Waals surface area (Å²) in [5.74, 6) is 1.58. The summed E-state index contributed by atoms with van der Waals surface area (Å²) in [6, 6.07) is 10.5. The van der Waals surface area contributed by atoms with Crippen molar-refractivity contribution in [2.75, 3.05) is 19.7 Å². The largest absolute Gasteiger partial charge is 0.367 e. The van der Waals surface area contributed by atoms with Crippen molar-refractivity contribution in [3.05, 3.63) is 47.6 Å². The van der Waals surface area contributed by atoms with E-state index in [1.54, 1.807) is 0 Å². The molecule has 1 aliphatic heterocycles. The molecule has 1 saturated heterocycles. The van der Waals surface area contributed by atoms with Gasteiger partial charge < -0.3 is 9.26 Å². The van der Waals surface area contributed by atoms with Crippen LogP contribution in [0, 0.1) is 0 Å². The van der Waals surface area contributed by atoms with E-state index in [0.717, 1.165) is 19.6 Å². The van der Waals surface area contributed by atoms with Gasteiger partial charge in [-0.3, -0.25) is 4.90 Å². The third kappa shape index (κ3) is 3.49. The van der Waals surface area contributed by atoms with Crippen LogP contribution in [0.2, 0.25) is 0 Å². The number of morpholine rings is 1. The van der Waals surface area contributed by atoms with Crippen LogP contribution in [0.1, 0.15) is 43.1 Å². The van der Waals surface area contributed by atoms with Crippen LogP contribution in [0.15, 0.2) is 34.9 Å². The quantitative estimate of drug-likeness (QED) is 0.865. The number of ether oxygens (including phenoxy) is 1. The van der Waals surface area contributed by atoms with Crippen molar-refractivity contribution >= 4 is 0 Å². The van der Waals surface area contributed by atoms with E-state index in [0.29, 0.717) is 18.3 Å². The Labute approximate surface area is 124 Å². The lowest BCUT2D eigenvalue weighted by molar-refractivity contribution is -0.0380. The monoisotopic (exact) mass is 287 g/mol. The highest BCUT2D eigenvalue weighted by molar-refractivity contribution is 5.14. The average molecular weight is 287 g/mol. The first-order chi connectivity index (χ1) is 10.2. The van der Waals surface area contributed by atoms with Gasteiger partial charge in [-0.25, -0.2) is 0 Å². The Bertz CT molecular complexity index is 568. The van der Waals surface area contributed by atoms with E-state index < -0.39 is 0 Å². The lowest BCUT2D eigenvalue weighted by Gasteiger charge is -2.31. The molecule has 0 amide bonds. The highest BCUT2D eigenvalue weighted by atomic mass is 16.5. The number of nitrogens with zero attached hydrogens (tertiary/aromatic N) is 3. The molecule has 0 radical (unpaired) electrons. The maximum absolute atomic E-state index is 5.80. The van der Waals surface area contributed by atoms with Crippen molar-refractivity contribution < 1.29 is 9.26 Å². The van der Waals surface area contributed by atoms with Crippen LogP contribution in [-0.2, 0) is 11.3 Å². The number of benzene rings is 1. The standard InChI is InChI=1S/C16H21N3O2/c1-12(2)16-17-15(18-21-16)14-11-19(8-9-20-14)10-13-6-4-3-5-7-13/h3-7,12,14H,8-11H2,1-2H3/t14-/m0/s1. The van der Waals surface area contributed by atoms with E-state index in [4.69, 9.17) is 9.26 Å². The van der Waals surface area contributed by atoms with E-state index in [1.165, 1.54) is 5.56 Å². The Morgan fingerprint density at radius 1 is 1.29 bits per heavy atom. The second-order valence-electron chi connectivity index (χ2n) is 5.73. The van der Waals surface area contributed by atoms with Gasteiger partial charge in [0.05, 0.1) is 6.61 Å². The lowest BCUT2D eigenvalue weighted by atomic mass is 10.2. The van der Waals surface area contributed by atoms with Crippen LogP contribution in [0.25, 0.3) is 0 Å². The van der Waals surface area contributed by atoms with Crippen molar-refractivity contribution in [1.82, 2.24) is 15.0 Å². The molecule has 21 heavy (non-hydrogen) atoms. The van der Waals surface area contributed by atoms with E-state index in [9.17, 15) is 0 Å². The van der Waals surface area contributed by atoms with Crippen molar-refractivity contribution in [1.29, 1.82) is 0 Å². The molecular formula is C16H21N3O2. The Morgan fingerprint density at radius 2 is 2.10 bits per heavy atom. The molecule has 0 N–H and O–H groups in total. The van der Waals surface area contributed by atoms with Gasteiger partial charge in [-0.15, -0.1) is 0 Å². The van der Waals surface area contributed by atoms with Crippen molar-refractivity contribution in [3.63, 3.8) is 0 Å². The van der Waals surface area contributed by atoms with Gasteiger partial charge in [-0.05, 0) is 5.56 Å². The van der Waals surface area contributed by atoms with Crippen LogP contribution in [0.4, 0.5) is 0 Å². The highest BCUT2D eigenvalue weighted by Crippen LogP contribution is 2.22. The average Bonchev–Trinajstić information content (AvgIpc) is 2.99. The molecule has 0 bridgehead atoms. The zero-order valence-electron chi connectivity index (χ0n) is 12.5. The summed E-state index contributed by atoms with van der Waals surface area (Å²) in [6.07, 6.45) is -0.0984. The topological polar surface area (TPSA) is 51.4 Å². The predicted molar refractivity (Wildman–Crippen MR) is 78.8 cm³/mol. The van der Waals surface area contributed by atoms with Gasteiger partial charge in [-0.1, -0.05) is 49.3 Å². The fourth-order valence-corrected chi connectivity index (χ4v) is 2.46. The molecule has 1 aromatic carbocycles. The molecule has 1 aromatic heterocycles. The summed E-state index contributed by atoms with van der Waals surface area (Å²) in [6.45, 7) is 7.44. The lowest BCUT2D eigenvalue weighted by Crippen LogP contribution is -2.38. The van der Waals surface area contributed by atoms with Gasteiger partial charge >= 0.3 is 0 Å². The van der Waals surface area contributed by atoms with E-state index in [1.807, 2.05) is 19.9 Å². The third-order valence-corrected chi connectivity index (χ3v) is 3.64. The van der Waals surface area contributed by atoms with Crippen LogP contribution in [0.5, 0.6) is 0 Å². The van der Waals surface area contributed by atoms with Gasteiger partial charge in [0.25, 0.3) is 0 Å². The summed E-state index contributed by atoms with van der Waals surface area (Å²) in [7, 11) is 0. The second kappa shape index (κ2) is 6.37. The van der Waals surface area contributed by atoms with Crippen molar-refractivity contribution in [3.8, 4) is 0 Å². The summed E-state index contributed by atoms with van der Waals surface area (Å²) in [5, 5.41) is 4.06. The zero-order chi connectivity index (χ0) is 14.7. The van der Waals surface area contributed by atoms with E-state index >= 15 is 0 Å². The van der Waals surface area contributed by atoms with Gasteiger partial charge in [0, 0.05) is 25.6 Å². The second-order valence-corrected chi connectivity index (χ2v) is 5.73. The molecule has 1 atom stereocenters. The Morgan fingerprint density at radius 3 is 2.81 bits per heavy atom. The normalized spacial score (nSPS) is 20.0. The van der Waals surface area contributed by atoms with Gasteiger partial charge in [-0.2, -0.15) is 4.98 Å². The first kappa shape index (κ1) is 14.2. The number of hydrogen-bond donors (Lipinski definition) is 0. The molecule has 112 valence electrons. The fourth-order valence-electron chi connectivity index (χ4n) is 2.46. The number of hydrogen-bond acceptors (Lipinski definition) is 5. The Balaban J connectivity index is 1.65. The molecule has 0 spiro atoms. The van der Waals surface area contributed by atoms with Crippen LogP contribution in [-0.4, -0.2) is 34.7 Å². The molecule has 3 rings (SSSR count). The summed E-state index contributed by atoms with van der Waals surface area (Å²) in [5.41, 5.74) is 1.31. The molecule has 0 unspecified atom stereocenters. The Hall–Kier alpha value is -1.72. The van der Waals surface area contributed by atoms with Gasteiger partial charge in [0.15, 0.2) is 0 Å². The first-order valence-electron chi connectivity index (χ1n) is 7.44. The highest BCUT2D eigenvalue weighted by Gasteiger charge is 2.26.